The van der Waals surface area contributed by atoms with E-state index in [9.17, 15) is 8.42 Å². The van der Waals surface area contributed by atoms with Crippen LogP contribution in [0.15, 0.2) is 0 Å². The van der Waals surface area contributed by atoms with Gasteiger partial charge in [-0.2, -0.15) is 0 Å². The summed E-state index contributed by atoms with van der Waals surface area (Å²) in [5.74, 6) is 2.34. The summed E-state index contributed by atoms with van der Waals surface area (Å²) in [4.78, 5) is 0. The van der Waals surface area contributed by atoms with Crippen LogP contribution in [0.1, 0.15) is 26.7 Å². The highest BCUT2D eigenvalue weighted by Crippen LogP contribution is 2.33. The molecule has 1 aliphatic rings. The van der Waals surface area contributed by atoms with Crippen molar-refractivity contribution < 1.29 is 8.42 Å². The molecule has 2 nitrogen and oxygen atoms in total. The van der Waals surface area contributed by atoms with Crippen LogP contribution in [0.25, 0.3) is 0 Å². The quantitative estimate of drug-likeness (QED) is 0.743. The number of hydrogen-bond acceptors (Lipinski definition) is 2. The summed E-state index contributed by atoms with van der Waals surface area (Å²) in [5, 5.41) is 0.933. The van der Waals surface area contributed by atoms with E-state index in [-0.39, 0.29) is 0 Å². The highest BCUT2D eigenvalue weighted by molar-refractivity contribution is 9.09. The Bertz CT molecular complexity index is 274. The van der Waals surface area contributed by atoms with E-state index in [2.05, 4.69) is 29.8 Å². The predicted octanol–water partition coefficient (Wildman–Crippen LogP) is 2.48. The van der Waals surface area contributed by atoms with Crippen LogP contribution in [0, 0.1) is 17.8 Å². The van der Waals surface area contributed by atoms with Crippen molar-refractivity contribution in [2.45, 2.75) is 26.7 Å². The molecule has 1 saturated heterocycles. The minimum Gasteiger partial charge on any atom is -0.229 e. The molecule has 1 rings (SSSR count). The highest BCUT2D eigenvalue weighted by atomic mass is 79.9. The van der Waals surface area contributed by atoms with Crippen molar-refractivity contribution in [3.8, 4) is 0 Å². The normalized spacial score (nSPS) is 30.1. The third-order valence-corrected chi connectivity index (χ3v) is 5.97. The van der Waals surface area contributed by atoms with Crippen LogP contribution in [-0.4, -0.2) is 25.3 Å². The Morgan fingerprint density at radius 3 is 2.50 bits per heavy atom. The lowest BCUT2D eigenvalue weighted by Gasteiger charge is -2.25. The van der Waals surface area contributed by atoms with Gasteiger partial charge in [0.1, 0.15) is 0 Å². The van der Waals surface area contributed by atoms with Gasteiger partial charge in [-0.25, -0.2) is 8.42 Å². The van der Waals surface area contributed by atoms with E-state index < -0.39 is 9.84 Å². The first-order valence-corrected chi connectivity index (χ1v) is 8.20. The maximum atomic E-state index is 11.4. The topological polar surface area (TPSA) is 34.1 Å². The maximum absolute atomic E-state index is 11.4. The lowest BCUT2D eigenvalue weighted by Crippen LogP contribution is -2.24. The summed E-state index contributed by atoms with van der Waals surface area (Å²) in [5.41, 5.74) is 0. The van der Waals surface area contributed by atoms with E-state index in [4.69, 9.17) is 0 Å². The standard InChI is InChI=1S/C10H19BrO2S/c1-3-8(2)10(6-11)9-4-5-14(12,13)7-9/h8-10H,3-7H2,1-2H3. The summed E-state index contributed by atoms with van der Waals surface area (Å²) in [6.45, 7) is 4.39. The third-order valence-electron chi connectivity index (χ3n) is 3.43. The van der Waals surface area contributed by atoms with Crippen LogP contribution in [0.5, 0.6) is 0 Å². The van der Waals surface area contributed by atoms with Crippen molar-refractivity contribution in [1.82, 2.24) is 0 Å². The molecular weight excluding hydrogens is 264 g/mol. The molecule has 0 aliphatic carbocycles. The van der Waals surface area contributed by atoms with E-state index in [1.54, 1.807) is 0 Å². The van der Waals surface area contributed by atoms with Gasteiger partial charge in [-0.3, -0.25) is 0 Å². The molecule has 84 valence electrons. The zero-order valence-corrected chi connectivity index (χ0v) is 11.3. The molecule has 3 unspecified atom stereocenters. The molecule has 0 aromatic rings. The number of sulfone groups is 1. The summed E-state index contributed by atoms with van der Waals surface area (Å²) in [7, 11) is -2.71. The minimum absolute atomic E-state index is 0.384. The van der Waals surface area contributed by atoms with Crippen LogP contribution in [0.2, 0.25) is 0 Å². The number of halogens is 1. The molecule has 0 N–H and O–H groups in total. The van der Waals surface area contributed by atoms with Crippen molar-refractivity contribution >= 4 is 25.8 Å². The predicted molar refractivity (Wildman–Crippen MR) is 63.5 cm³/mol. The fraction of sp³-hybridized carbons (Fsp3) is 1.00. The highest BCUT2D eigenvalue weighted by Gasteiger charge is 2.34. The summed E-state index contributed by atoms with van der Waals surface area (Å²) in [6.07, 6.45) is 2.00. The van der Waals surface area contributed by atoms with Crippen molar-refractivity contribution in [3.05, 3.63) is 0 Å². The minimum atomic E-state index is -2.71. The van der Waals surface area contributed by atoms with E-state index in [0.717, 1.165) is 18.2 Å². The Labute approximate surface area is 95.5 Å². The first-order chi connectivity index (χ1) is 6.50. The largest absolute Gasteiger partial charge is 0.229 e. The second-order valence-corrected chi connectivity index (χ2v) is 7.24. The van der Waals surface area contributed by atoms with Gasteiger partial charge in [0.05, 0.1) is 11.5 Å². The number of alkyl halides is 1. The Morgan fingerprint density at radius 2 is 2.14 bits per heavy atom. The van der Waals surface area contributed by atoms with Gasteiger partial charge in [-0.15, -0.1) is 0 Å². The lowest BCUT2D eigenvalue weighted by molar-refractivity contribution is 0.284. The fourth-order valence-corrected chi connectivity index (χ4v) is 5.27. The molecule has 3 atom stereocenters. The average molecular weight is 283 g/mol. The molecule has 1 aliphatic heterocycles. The van der Waals surface area contributed by atoms with Gasteiger partial charge in [0.2, 0.25) is 0 Å². The zero-order valence-electron chi connectivity index (χ0n) is 8.87. The summed E-state index contributed by atoms with van der Waals surface area (Å²) < 4.78 is 22.7. The van der Waals surface area contributed by atoms with Crippen LogP contribution < -0.4 is 0 Å². The van der Waals surface area contributed by atoms with Gasteiger partial charge in [-0.1, -0.05) is 36.2 Å². The molecule has 0 radical (unpaired) electrons. The molecule has 0 aromatic heterocycles. The smallest absolute Gasteiger partial charge is 0.150 e. The number of hydrogen-bond donors (Lipinski definition) is 0. The SMILES string of the molecule is CCC(C)C(CBr)C1CCS(=O)(=O)C1. The second-order valence-electron chi connectivity index (χ2n) is 4.37. The van der Waals surface area contributed by atoms with Gasteiger partial charge in [0.15, 0.2) is 9.84 Å². The molecule has 14 heavy (non-hydrogen) atoms. The van der Waals surface area contributed by atoms with Gasteiger partial charge in [0, 0.05) is 5.33 Å². The van der Waals surface area contributed by atoms with Gasteiger partial charge in [-0.05, 0) is 24.2 Å². The van der Waals surface area contributed by atoms with Crippen molar-refractivity contribution in [3.63, 3.8) is 0 Å². The fourth-order valence-electron chi connectivity index (χ4n) is 2.21. The molecule has 0 aromatic carbocycles. The summed E-state index contributed by atoms with van der Waals surface area (Å²) in [6, 6.07) is 0. The molecule has 1 fully saturated rings. The van der Waals surface area contributed by atoms with Crippen LogP contribution in [-0.2, 0) is 9.84 Å². The Hall–Kier alpha value is 0.430. The van der Waals surface area contributed by atoms with Crippen LogP contribution in [0.4, 0.5) is 0 Å². The molecular formula is C10H19BrO2S. The van der Waals surface area contributed by atoms with Gasteiger partial charge in [0.25, 0.3) is 0 Å². The Morgan fingerprint density at radius 1 is 1.50 bits per heavy atom. The second kappa shape index (κ2) is 4.97. The first kappa shape index (κ1) is 12.5. The molecule has 0 amide bonds. The van der Waals surface area contributed by atoms with E-state index in [1.807, 2.05) is 0 Å². The molecule has 4 heteroatoms. The molecule has 0 spiro atoms. The zero-order chi connectivity index (χ0) is 10.8. The monoisotopic (exact) mass is 282 g/mol. The third kappa shape index (κ3) is 2.96. The van der Waals surface area contributed by atoms with E-state index >= 15 is 0 Å². The van der Waals surface area contributed by atoms with E-state index in [1.165, 1.54) is 0 Å². The van der Waals surface area contributed by atoms with Crippen LogP contribution >= 0.6 is 15.9 Å². The van der Waals surface area contributed by atoms with Gasteiger partial charge >= 0.3 is 0 Å². The van der Waals surface area contributed by atoms with Crippen molar-refractivity contribution in [2.75, 3.05) is 16.8 Å². The first-order valence-electron chi connectivity index (χ1n) is 5.26. The van der Waals surface area contributed by atoms with E-state index in [0.29, 0.717) is 29.3 Å². The molecule has 0 saturated carbocycles. The molecule has 1 heterocycles. The summed E-state index contributed by atoms with van der Waals surface area (Å²) >= 11 is 3.51. The van der Waals surface area contributed by atoms with Crippen molar-refractivity contribution in [2.24, 2.45) is 17.8 Å². The average Bonchev–Trinajstić information content (AvgIpc) is 2.47. The van der Waals surface area contributed by atoms with Gasteiger partial charge < -0.3 is 0 Å². The van der Waals surface area contributed by atoms with Crippen molar-refractivity contribution in [1.29, 1.82) is 0 Å². The Kier molecular flexibility index (Phi) is 4.44. The van der Waals surface area contributed by atoms with Crippen LogP contribution in [0.3, 0.4) is 0 Å². The Balaban J connectivity index is 2.64. The maximum Gasteiger partial charge on any atom is 0.150 e. The lowest BCUT2D eigenvalue weighted by atomic mass is 9.82. The molecule has 0 bridgehead atoms. The number of rotatable bonds is 4.